The molecule has 1 heterocycles. The fourth-order valence-corrected chi connectivity index (χ4v) is 2.30. The highest BCUT2D eigenvalue weighted by Crippen LogP contribution is 2.28. The molecule has 24 heavy (non-hydrogen) atoms. The highest BCUT2D eigenvalue weighted by atomic mass is 16.6. The lowest BCUT2D eigenvalue weighted by Gasteiger charge is -2.23. The lowest BCUT2D eigenvalue weighted by atomic mass is 9.97. The standard InChI is InChI=1S/C17H23NO6/c1-17(2,3)24-16(22)18-9-13(20)15(21)10-4-5-14-11(8-10)12(19)6-7-23-14/h4-5,8,13,15,20-21H,6-7,9H2,1-3H3,(H,18,22). The third-order valence-corrected chi connectivity index (χ3v) is 3.45. The van der Waals surface area contributed by atoms with E-state index in [1.165, 1.54) is 6.07 Å². The summed E-state index contributed by atoms with van der Waals surface area (Å²) in [7, 11) is 0. The zero-order chi connectivity index (χ0) is 17.9. The summed E-state index contributed by atoms with van der Waals surface area (Å²) in [5.41, 5.74) is 0.128. The topological polar surface area (TPSA) is 105 Å². The third kappa shape index (κ3) is 4.69. The van der Waals surface area contributed by atoms with Crippen molar-refractivity contribution in [3.8, 4) is 5.75 Å². The van der Waals surface area contributed by atoms with Crippen molar-refractivity contribution in [2.24, 2.45) is 0 Å². The molecule has 0 bridgehead atoms. The van der Waals surface area contributed by atoms with E-state index in [1.54, 1.807) is 32.9 Å². The van der Waals surface area contributed by atoms with Crippen LogP contribution in [0.25, 0.3) is 0 Å². The van der Waals surface area contributed by atoms with Crippen LogP contribution in [-0.4, -0.2) is 46.9 Å². The van der Waals surface area contributed by atoms with Crippen molar-refractivity contribution in [2.45, 2.75) is 45.0 Å². The number of fused-ring (bicyclic) bond motifs is 1. The number of carbonyl (C=O) groups excluding carboxylic acids is 2. The Kier molecular flexibility index (Phi) is 5.46. The fraction of sp³-hybridized carbons (Fsp3) is 0.529. The quantitative estimate of drug-likeness (QED) is 0.770. The third-order valence-electron chi connectivity index (χ3n) is 3.45. The predicted octanol–water partition coefficient (Wildman–Crippen LogP) is 1.57. The summed E-state index contributed by atoms with van der Waals surface area (Å²) in [5.74, 6) is 0.412. The molecule has 0 saturated heterocycles. The Morgan fingerprint density at radius 2 is 2.08 bits per heavy atom. The number of benzene rings is 1. The number of ketones is 1. The SMILES string of the molecule is CC(C)(C)OC(=O)NCC(O)C(O)c1ccc2c(c1)C(=O)CCO2. The van der Waals surface area contributed by atoms with Crippen molar-refractivity contribution in [1.82, 2.24) is 5.32 Å². The Labute approximate surface area is 140 Å². The zero-order valence-corrected chi connectivity index (χ0v) is 14.0. The van der Waals surface area contributed by atoms with Gasteiger partial charge in [-0.25, -0.2) is 4.79 Å². The molecular weight excluding hydrogens is 314 g/mol. The number of amides is 1. The number of nitrogens with one attached hydrogen (secondary N) is 1. The Bertz CT molecular complexity index is 622. The van der Waals surface area contributed by atoms with E-state index in [-0.39, 0.29) is 18.7 Å². The minimum absolute atomic E-state index is 0.0633. The molecule has 2 unspecified atom stereocenters. The lowest BCUT2D eigenvalue weighted by molar-refractivity contribution is 0.0129. The van der Waals surface area contributed by atoms with E-state index < -0.39 is 23.9 Å². The molecule has 1 aliphatic rings. The summed E-state index contributed by atoms with van der Waals surface area (Å²) in [6.07, 6.45) is -2.88. The number of aliphatic hydroxyl groups excluding tert-OH is 2. The van der Waals surface area contributed by atoms with E-state index in [9.17, 15) is 19.8 Å². The smallest absolute Gasteiger partial charge is 0.407 e. The average Bonchev–Trinajstić information content (AvgIpc) is 2.50. The fourth-order valence-electron chi connectivity index (χ4n) is 2.30. The predicted molar refractivity (Wildman–Crippen MR) is 86.1 cm³/mol. The summed E-state index contributed by atoms with van der Waals surface area (Å²) in [4.78, 5) is 23.4. The van der Waals surface area contributed by atoms with Crippen molar-refractivity contribution >= 4 is 11.9 Å². The second-order valence-electron chi connectivity index (χ2n) is 6.67. The van der Waals surface area contributed by atoms with Gasteiger partial charge >= 0.3 is 6.09 Å². The van der Waals surface area contributed by atoms with Crippen molar-refractivity contribution in [3.05, 3.63) is 29.3 Å². The van der Waals surface area contributed by atoms with E-state index in [0.717, 1.165) is 0 Å². The Balaban J connectivity index is 1.98. The van der Waals surface area contributed by atoms with E-state index >= 15 is 0 Å². The molecule has 0 saturated carbocycles. The summed E-state index contributed by atoms with van der Waals surface area (Å²) < 4.78 is 10.4. The van der Waals surface area contributed by atoms with Crippen molar-refractivity contribution in [1.29, 1.82) is 0 Å². The summed E-state index contributed by atoms with van der Waals surface area (Å²) in [6.45, 7) is 5.34. The normalized spacial score (nSPS) is 16.6. The van der Waals surface area contributed by atoms with Crippen molar-refractivity contribution in [2.75, 3.05) is 13.2 Å². The monoisotopic (exact) mass is 337 g/mol. The van der Waals surface area contributed by atoms with E-state index in [1.807, 2.05) is 0 Å². The number of carbonyl (C=O) groups is 2. The van der Waals surface area contributed by atoms with Crippen LogP contribution in [0.4, 0.5) is 4.79 Å². The maximum absolute atomic E-state index is 11.9. The second kappa shape index (κ2) is 7.19. The van der Waals surface area contributed by atoms with Crippen LogP contribution in [0.1, 0.15) is 49.2 Å². The number of Topliss-reactive ketones (excluding diaryl/α,β-unsaturated/α-hetero) is 1. The van der Waals surface area contributed by atoms with Gasteiger partial charge in [-0.2, -0.15) is 0 Å². The van der Waals surface area contributed by atoms with Crippen LogP contribution in [-0.2, 0) is 4.74 Å². The minimum Gasteiger partial charge on any atom is -0.492 e. The molecule has 132 valence electrons. The Morgan fingerprint density at radius 1 is 1.38 bits per heavy atom. The van der Waals surface area contributed by atoms with Crippen molar-refractivity contribution < 1.29 is 29.3 Å². The van der Waals surface area contributed by atoms with Gasteiger partial charge in [-0.05, 0) is 38.5 Å². The molecule has 1 aliphatic heterocycles. The molecular formula is C17H23NO6. The molecule has 2 rings (SSSR count). The number of ether oxygens (including phenoxy) is 2. The molecule has 0 aliphatic carbocycles. The van der Waals surface area contributed by atoms with Gasteiger partial charge in [0.1, 0.15) is 23.6 Å². The van der Waals surface area contributed by atoms with Crippen LogP contribution in [0.5, 0.6) is 5.75 Å². The van der Waals surface area contributed by atoms with Crippen LogP contribution >= 0.6 is 0 Å². The Morgan fingerprint density at radius 3 is 2.75 bits per heavy atom. The van der Waals surface area contributed by atoms with Gasteiger partial charge in [-0.1, -0.05) is 6.07 Å². The molecule has 3 N–H and O–H groups in total. The molecule has 0 aromatic heterocycles. The van der Waals surface area contributed by atoms with Crippen molar-refractivity contribution in [3.63, 3.8) is 0 Å². The lowest BCUT2D eigenvalue weighted by Crippen LogP contribution is -2.38. The molecule has 7 heteroatoms. The van der Waals surface area contributed by atoms with E-state index in [0.29, 0.717) is 23.5 Å². The maximum Gasteiger partial charge on any atom is 0.407 e. The average molecular weight is 337 g/mol. The molecule has 0 spiro atoms. The first-order chi connectivity index (χ1) is 11.2. The first-order valence-electron chi connectivity index (χ1n) is 7.80. The van der Waals surface area contributed by atoms with Gasteiger partial charge in [0.25, 0.3) is 0 Å². The van der Waals surface area contributed by atoms with Gasteiger partial charge in [0.15, 0.2) is 5.78 Å². The number of alkyl carbamates (subject to hydrolysis) is 1. The second-order valence-corrected chi connectivity index (χ2v) is 6.67. The van der Waals surface area contributed by atoms with Gasteiger partial charge < -0.3 is 25.0 Å². The molecule has 7 nitrogen and oxygen atoms in total. The van der Waals surface area contributed by atoms with Gasteiger partial charge in [0.2, 0.25) is 0 Å². The number of hydrogen-bond acceptors (Lipinski definition) is 6. The molecule has 1 aromatic rings. The Hall–Kier alpha value is -2.12. The summed E-state index contributed by atoms with van der Waals surface area (Å²) in [6, 6.07) is 4.69. The number of aliphatic hydroxyl groups is 2. The van der Waals surface area contributed by atoms with E-state index in [4.69, 9.17) is 9.47 Å². The minimum atomic E-state index is -1.25. The highest BCUT2D eigenvalue weighted by molar-refractivity contribution is 5.99. The largest absolute Gasteiger partial charge is 0.492 e. The van der Waals surface area contributed by atoms with Gasteiger partial charge in [0.05, 0.1) is 12.2 Å². The summed E-state index contributed by atoms with van der Waals surface area (Å²) in [5, 5.41) is 22.7. The van der Waals surface area contributed by atoms with Crippen LogP contribution in [0.3, 0.4) is 0 Å². The molecule has 0 radical (unpaired) electrons. The molecule has 0 fully saturated rings. The summed E-state index contributed by atoms with van der Waals surface area (Å²) >= 11 is 0. The van der Waals surface area contributed by atoms with Gasteiger partial charge in [0, 0.05) is 13.0 Å². The first kappa shape index (κ1) is 18.2. The first-order valence-corrected chi connectivity index (χ1v) is 7.80. The van der Waals surface area contributed by atoms with Gasteiger partial charge in [-0.3, -0.25) is 4.79 Å². The molecule has 1 amide bonds. The molecule has 1 aromatic carbocycles. The van der Waals surface area contributed by atoms with Crippen LogP contribution < -0.4 is 10.1 Å². The maximum atomic E-state index is 11.9. The number of rotatable bonds is 4. The number of hydrogen-bond donors (Lipinski definition) is 3. The van der Waals surface area contributed by atoms with Crippen LogP contribution in [0, 0.1) is 0 Å². The van der Waals surface area contributed by atoms with Crippen LogP contribution in [0.15, 0.2) is 18.2 Å². The zero-order valence-electron chi connectivity index (χ0n) is 14.0. The van der Waals surface area contributed by atoms with E-state index in [2.05, 4.69) is 5.32 Å². The van der Waals surface area contributed by atoms with Crippen LogP contribution in [0.2, 0.25) is 0 Å². The highest BCUT2D eigenvalue weighted by Gasteiger charge is 2.24. The van der Waals surface area contributed by atoms with Gasteiger partial charge in [-0.15, -0.1) is 0 Å². The molecule has 2 atom stereocenters.